The molecule has 136 valence electrons. The molecule has 27 heavy (non-hydrogen) atoms. The third-order valence-electron chi connectivity index (χ3n) is 4.49. The van der Waals surface area contributed by atoms with Gasteiger partial charge in [0, 0.05) is 22.6 Å². The molecule has 1 aliphatic rings. The third-order valence-corrected chi connectivity index (χ3v) is 4.49. The van der Waals surface area contributed by atoms with E-state index in [1.54, 1.807) is 36.4 Å². The molecule has 4 rings (SSSR count). The molecule has 9 heteroatoms. The molecule has 0 radical (unpaired) electrons. The van der Waals surface area contributed by atoms with Gasteiger partial charge in [-0.05, 0) is 23.6 Å². The molecule has 9 nitrogen and oxygen atoms in total. The van der Waals surface area contributed by atoms with E-state index in [0.717, 1.165) is 28.5 Å². The van der Waals surface area contributed by atoms with Crippen LogP contribution in [0.4, 0.5) is 17.1 Å². The van der Waals surface area contributed by atoms with Gasteiger partial charge in [-0.3, -0.25) is 9.59 Å². The van der Waals surface area contributed by atoms with Crippen molar-refractivity contribution in [3.63, 3.8) is 0 Å². The second-order valence-electron chi connectivity index (χ2n) is 6.00. The number of imide groups is 1. The van der Waals surface area contributed by atoms with Crippen LogP contribution in [0.2, 0.25) is 0 Å². The van der Waals surface area contributed by atoms with Crippen molar-refractivity contribution >= 4 is 39.6 Å². The lowest BCUT2D eigenvalue weighted by Gasteiger charge is -2.29. The van der Waals surface area contributed by atoms with Gasteiger partial charge in [-0.1, -0.05) is 24.3 Å². The highest BCUT2D eigenvalue weighted by molar-refractivity contribution is 6.36. The molecule has 0 aromatic heterocycles. The summed E-state index contributed by atoms with van der Waals surface area (Å²) in [7, 11) is 0. The maximum absolute atomic E-state index is 13.0. The zero-order valence-corrected chi connectivity index (χ0v) is 13.7. The van der Waals surface area contributed by atoms with Crippen molar-refractivity contribution in [2.45, 2.75) is 0 Å². The van der Waals surface area contributed by atoms with E-state index in [1.165, 1.54) is 0 Å². The number of carbonyl (C=O) groups is 2. The molecule has 0 fully saturated rings. The SMILES string of the molecule is O=C1c2cccc3cccc(c23)C(=O)N1c1ccc([NH+]([O-])O)cc1[NH+]([O-])O. The van der Waals surface area contributed by atoms with Crippen molar-refractivity contribution in [1.82, 2.24) is 0 Å². The highest BCUT2D eigenvalue weighted by Crippen LogP contribution is 2.35. The predicted molar refractivity (Wildman–Crippen MR) is 93.1 cm³/mol. The van der Waals surface area contributed by atoms with Crippen molar-refractivity contribution in [3.8, 4) is 0 Å². The maximum atomic E-state index is 13.0. The number of hydrogen-bond acceptors (Lipinski definition) is 6. The molecule has 4 N–H and O–H groups in total. The van der Waals surface area contributed by atoms with E-state index in [4.69, 9.17) is 5.21 Å². The summed E-state index contributed by atoms with van der Waals surface area (Å²) in [6.45, 7) is 0. The highest BCUT2D eigenvalue weighted by Gasteiger charge is 2.36. The summed E-state index contributed by atoms with van der Waals surface area (Å²) < 4.78 is 0. The van der Waals surface area contributed by atoms with Crippen molar-refractivity contribution in [2.75, 3.05) is 4.90 Å². The van der Waals surface area contributed by atoms with Crippen LogP contribution in [0.5, 0.6) is 0 Å². The van der Waals surface area contributed by atoms with E-state index in [1.807, 2.05) is 0 Å². The van der Waals surface area contributed by atoms with Crippen molar-refractivity contribution in [1.29, 1.82) is 0 Å². The van der Waals surface area contributed by atoms with Gasteiger partial charge >= 0.3 is 0 Å². The quantitative estimate of drug-likeness (QED) is 0.392. The predicted octanol–water partition coefficient (Wildman–Crippen LogP) is 0.447. The Labute approximate surface area is 151 Å². The molecular formula is C18H13N3O6. The molecule has 0 saturated carbocycles. The minimum Gasteiger partial charge on any atom is -0.595 e. The molecule has 2 atom stereocenters. The Balaban J connectivity index is 1.94. The minimum atomic E-state index is -1.44. The van der Waals surface area contributed by atoms with Crippen molar-refractivity contribution in [2.24, 2.45) is 0 Å². The monoisotopic (exact) mass is 367 g/mol. The Morgan fingerprint density at radius 2 is 1.41 bits per heavy atom. The van der Waals surface area contributed by atoms with Crippen LogP contribution in [0.25, 0.3) is 10.8 Å². The van der Waals surface area contributed by atoms with Crippen molar-refractivity contribution < 1.29 is 30.5 Å². The normalized spacial score (nSPS) is 15.9. The Bertz CT molecular complexity index is 1040. The molecule has 1 heterocycles. The van der Waals surface area contributed by atoms with E-state index in [9.17, 15) is 25.2 Å². The number of nitrogens with zero attached hydrogens (tertiary/aromatic N) is 1. The average molecular weight is 367 g/mol. The van der Waals surface area contributed by atoms with Gasteiger partial charge in [-0.2, -0.15) is 10.5 Å². The fourth-order valence-corrected chi connectivity index (χ4v) is 3.28. The van der Waals surface area contributed by atoms with E-state index in [-0.39, 0.29) is 22.5 Å². The number of quaternary nitrogens is 2. The first-order valence-corrected chi connectivity index (χ1v) is 7.91. The van der Waals surface area contributed by atoms with Crippen LogP contribution in [0.15, 0.2) is 54.6 Å². The van der Waals surface area contributed by atoms with Crippen LogP contribution in [-0.2, 0) is 0 Å². The van der Waals surface area contributed by atoms with Crippen molar-refractivity contribution in [3.05, 3.63) is 76.1 Å². The smallest absolute Gasteiger partial charge is 0.266 e. The summed E-state index contributed by atoms with van der Waals surface area (Å²) in [5.74, 6) is -1.32. The molecule has 2 amide bonds. The topological polar surface area (TPSA) is 133 Å². The van der Waals surface area contributed by atoms with Gasteiger partial charge in [0.15, 0.2) is 11.4 Å². The molecular weight excluding hydrogens is 354 g/mol. The zero-order chi connectivity index (χ0) is 19.3. The summed E-state index contributed by atoms with van der Waals surface area (Å²) in [4.78, 5) is 26.8. The van der Waals surface area contributed by atoms with Gasteiger partial charge in [-0.25, -0.2) is 15.3 Å². The summed E-state index contributed by atoms with van der Waals surface area (Å²) >= 11 is 0. The standard InChI is InChI=1S/C18H13N3O6/c22-17-12-5-1-3-10-4-2-6-13(16(10)12)18(23)19(17)14-8-7-11(20(24)25)9-15(14)21(26)27/h1-9,20-21,24,26H. The number of carbonyl (C=O) groups excluding carboxylic acids is 2. The molecule has 0 saturated heterocycles. The number of hydrogen-bond donors (Lipinski definition) is 4. The number of benzene rings is 3. The summed E-state index contributed by atoms with van der Waals surface area (Å²) in [5.41, 5.74) is -0.310. The molecule has 3 aromatic carbocycles. The van der Waals surface area contributed by atoms with E-state index in [2.05, 4.69) is 0 Å². The number of rotatable bonds is 3. The summed E-state index contributed by atoms with van der Waals surface area (Å²) in [6, 6.07) is 13.3. The lowest BCUT2D eigenvalue weighted by Crippen LogP contribution is -3.01. The van der Waals surface area contributed by atoms with Gasteiger partial charge in [-0.15, -0.1) is 0 Å². The Hall–Kier alpha value is -3.18. The minimum absolute atomic E-state index is 0.172. The molecule has 0 aliphatic carbocycles. The van der Waals surface area contributed by atoms with Crippen LogP contribution >= 0.6 is 0 Å². The fourth-order valence-electron chi connectivity index (χ4n) is 3.28. The first-order valence-electron chi connectivity index (χ1n) is 7.91. The average Bonchev–Trinajstić information content (AvgIpc) is 2.66. The first kappa shape index (κ1) is 17.2. The third kappa shape index (κ3) is 2.59. The zero-order valence-electron chi connectivity index (χ0n) is 13.7. The summed E-state index contributed by atoms with van der Waals surface area (Å²) in [5, 5.41) is 39.9. The molecule has 2 unspecified atom stereocenters. The van der Waals surface area contributed by atoms with Crippen LogP contribution in [0, 0.1) is 10.4 Å². The lowest BCUT2D eigenvalue weighted by molar-refractivity contribution is -0.996. The molecule has 1 aliphatic heterocycles. The number of anilines is 1. The first-order chi connectivity index (χ1) is 12.9. The van der Waals surface area contributed by atoms with Gasteiger partial charge in [0.25, 0.3) is 11.8 Å². The Kier molecular flexibility index (Phi) is 3.97. The van der Waals surface area contributed by atoms with Crippen LogP contribution in [0.1, 0.15) is 20.7 Å². The Morgan fingerprint density at radius 3 is 1.93 bits per heavy atom. The van der Waals surface area contributed by atoms with E-state index >= 15 is 0 Å². The summed E-state index contributed by atoms with van der Waals surface area (Å²) in [6.07, 6.45) is 0. The molecule has 0 spiro atoms. The second-order valence-corrected chi connectivity index (χ2v) is 6.00. The van der Waals surface area contributed by atoms with Gasteiger partial charge in [0.05, 0.1) is 6.07 Å². The molecule has 3 aromatic rings. The second kappa shape index (κ2) is 6.21. The molecule has 0 bridgehead atoms. The highest BCUT2D eigenvalue weighted by atomic mass is 16.8. The van der Waals surface area contributed by atoms with Gasteiger partial charge in [0.1, 0.15) is 5.69 Å². The fraction of sp³-hybridized carbons (Fsp3) is 0. The number of nitrogens with one attached hydrogen (secondary N) is 2. The van der Waals surface area contributed by atoms with Gasteiger partial charge in [0.2, 0.25) is 0 Å². The number of amides is 2. The van der Waals surface area contributed by atoms with E-state index < -0.39 is 28.0 Å². The van der Waals surface area contributed by atoms with Crippen LogP contribution in [-0.4, -0.2) is 22.2 Å². The largest absolute Gasteiger partial charge is 0.595 e. The van der Waals surface area contributed by atoms with E-state index in [0.29, 0.717) is 5.39 Å². The Morgan fingerprint density at radius 1 is 0.815 bits per heavy atom. The van der Waals surface area contributed by atoms with Crippen LogP contribution in [0.3, 0.4) is 0 Å². The maximum Gasteiger partial charge on any atom is 0.266 e. The van der Waals surface area contributed by atoms with Crippen LogP contribution < -0.4 is 15.4 Å². The van der Waals surface area contributed by atoms with Gasteiger partial charge < -0.3 is 10.4 Å². The lowest BCUT2D eigenvalue weighted by atomic mass is 9.93.